The van der Waals surface area contributed by atoms with Crippen LogP contribution in [0.25, 0.3) is 38.3 Å². The summed E-state index contributed by atoms with van der Waals surface area (Å²) in [6, 6.07) is 27.3. The molecule has 2 aromatic heterocycles. The van der Waals surface area contributed by atoms with Gasteiger partial charge >= 0.3 is 0 Å². The SMILES string of the molecule is [C-]#[N+]c1cnc(-c2ccc(CN3CCC(c4nc5ccc(C)cc5[nH]4)CC3)cc2)c(-c2ccccc2)c1. The van der Waals surface area contributed by atoms with Crippen molar-refractivity contribution in [3.63, 3.8) is 0 Å². The van der Waals surface area contributed by atoms with Crippen LogP contribution in [-0.2, 0) is 6.54 Å². The van der Waals surface area contributed by atoms with Crippen molar-refractivity contribution in [2.45, 2.75) is 32.2 Å². The zero-order valence-corrected chi connectivity index (χ0v) is 21.0. The molecule has 182 valence electrons. The molecule has 0 spiro atoms. The first kappa shape index (κ1) is 23.1. The normalized spacial score (nSPS) is 14.6. The van der Waals surface area contributed by atoms with Gasteiger partial charge in [0.2, 0.25) is 5.69 Å². The number of aryl methyl sites for hydroxylation is 1. The largest absolute Gasteiger partial charge is 0.342 e. The molecule has 0 radical (unpaired) electrons. The van der Waals surface area contributed by atoms with Crippen LogP contribution in [0.5, 0.6) is 0 Å². The van der Waals surface area contributed by atoms with Crippen molar-refractivity contribution >= 4 is 16.7 Å². The van der Waals surface area contributed by atoms with E-state index in [9.17, 15) is 0 Å². The highest BCUT2D eigenvalue weighted by molar-refractivity contribution is 5.83. The smallest absolute Gasteiger partial charge is 0.205 e. The molecule has 1 aliphatic rings. The second-order valence-electron chi connectivity index (χ2n) is 9.96. The fourth-order valence-corrected chi connectivity index (χ4v) is 5.31. The van der Waals surface area contributed by atoms with Crippen LogP contribution in [0, 0.1) is 13.5 Å². The molecule has 3 heterocycles. The Morgan fingerprint density at radius 2 is 1.73 bits per heavy atom. The lowest BCUT2D eigenvalue weighted by molar-refractivity contribution is 0.202. The lowest BCUT2D eigenvalue weighted by atomic mass is 9.95. The molecule has 37 heavy (non-hydrogen) atoms. The molecule has 0 unspecified atom stereocenters. The number of imidazole rings is 1. The molecule has 1 fully saturated rings. The summed E-state index contributed by atoms with van der Waals surface area (Å²) >= 11 is 0. The van der Waals surface area contributed by atoms with E-state index in [1.54, 1.807) is 6.20 Å². The van der Waals surface area contributed by atoms with Gasteiger partial charge in [-0.15, -0.1) is 0 Å². The maximum Gasteiger partial charge on any atom is 0.205 e. The van der Waals surface area contributed by atoms with Crippen LogP contribution < -0.4 is 0 Å². The number of fused-ring (bicyclic) bond motifs is 1. The molecule has 6 rings (SSSR count). The van der Waals surface area contributed by atoms with Crippen molar-refractivity contribution in [2.24, 2.45) is 0 Å². The fourth-order valence-electron chi connectivity index (χ4n) is 5.31. The first-order valence-corrected chi connectivity index (χ1v) is 12.9. The summed E-state index contributed by atoms with van der Waals surface area (Å²) in [5.41, 5.74) is 9.37. The van der Waals surface area contributed by atoms with Gasteiger partial charge in [-0.1, -0.05) is 60.7 Å². The number of H-pyrrole nitrogens is 1. The fraction of sp³-hybridized carbons (Fsp3) is 0.219. The number of aromatic nitrogens is 3. The summed E-state index contributed by atoms with van der Waals surface area (Å²) in [6.45, 7) is 12.6. The third kappa shape index (κ3) is 4.89. The predicted molar refractivity (Wildman–Crippen MR) is 149 cm³/mol. The zero-order chi connectivity index (χ0) is 25.2. The van der Waals surface area contributed by atoms with Gasteiger partial charge in [0.25, 0.3) is 0 Å². The monoisotopic (exact) mass is 483 g/mol. The summed E-state index contributed by atoms with van der Waals surface area (Å²) < 4.78 is 0. The van der Waals surface area contributed by atoms with Crippen LogP contribution in [0.4, 0.5) is 5.69 Å². The van der Waals surface area contributed by atoms with Crippen LogP contribution in [0.15, 0.2) is 85.1 Å². The first-order chi connectivity index (χ1) is 18.2. The van der Waals surface area contributed by atoms with Crippen molar-refractivity contribution in [1.82, 2.24) is 19.9 Å². The maximum absolute atomic E-state index is 7.40. The number of nitrogens with one attached hydrogen (secondary N) is 1. The average molecular weight is 484 g/mol. The Bertz CT molecular complexity index is 1570. The number of rotatable bonds is 5. The number of benzene rings is 3. The summed E-state index contributed by atoms with van der Waals surface area (Å²) in [6.07, 6.45) is 3.90. The Morgan fingerprint density at radius 3 is 2.49 bits per heavy atom. The van der Waals surface area contributed by atoms with E-state index >= 15 is 0 Å². The van der Waals surface area contributed by atoms with Crippen LogP contribution in [0.1, 0.15) is 35.7 Å². The molecule has 1 N–H and O–H groups in total. The quantitative estimate of drug-likeness (QED) is 0.263. The van der Waals surface area contributed by atoms with Crippen molar-refractivity contribution in [3.05, 3.63) is 113 Å². The average Bonchev–Trinajstić information content (AvgIpc) is 3.37. The van der Waals surface area contributed by atoms with Gasteiger partial charge < -0.3 is 4.98 Å². The van der Waals surface area contributed by atoms with Crippen LogP contribution in [-0.4, -0.2) is 32.9 Å². The summed E-state index contributed by atoms with van der Waals surface area (Å²) in [7, 11) is 0. The van der Waals surface area contributed by atoms with Gasteiger partial charge in [0.05, 0.1) is 23.3 Å². The van der Waals surface area contributed by atoms with Gasteiger partial charge in [0.1, 0.15) is 5.82 Å². The van der Waals surface area contributed by atoms with E-state index < -0.39 is 0 Å². The summed E-state index contributed by atoms with van der Waals surface area (Å²) in [5, 5.41) is 0. The standard InChI is InChI=1S/C32H29N5/c1-22-8-13-29-30(18-22)36-32(35-29)26-14-16-37(17-15-26)21-23-9-11-25(12-10-23)31-28(19-27(33-2)20-34-31)24-6-4-3-5-7-24/h3-13,18-20,26H,14-17,21H2,1H3,(H,35,36). The number of aromatic amines is 1. The lowest BCUT2D eigenvalue weighted by Crippen LogP contribution is -2.32. The van der Waals surface area contributed by atoms with Gasteiger partial charge in [-0.2, -0.15) is 0 Å². The highest BCUT2D eigenvalue weighted by Gasteiger charge is 2.23. The van der Waals surface area contributed by atoms with Crippen molar-refractivity contribution in [2.75, 3.05) is 13.1 Å². The Balaban J connectivity index is 1.14. The van der Waals surface area contributed by atoms with E-state index in [0.29, 0.717) is 11.6 Å². The Morgan fingerprint density at radius 1 is 0.946 bits per heavy atom. The Hall–Kier alpha value is -4.27. The van der Waals surface area contributed by atoms with Crippen LogP contribution in [0.2, 0.25) is 0 Å². The molecule has 0 bridgehead atoms. The van der Waals surface area contributed by atoms with Crippen LogP contribution >= 0.6 is 0 Å². The maximum atomic E-state index is 7.40. The Kier molecular flexibility index (Phi) is 6.26. The molecule has 5 nitrogen and oxygen atoms in total. The molecule has 0 aliphatic carbocycles. The zero-order valence-electron chi connectivity index (χ0n) is 21.0. The van der Waals surface area contributed by atoms with E-state index in [-0.39, 0.29) is 0 Å². The van der Waals surface area contributed by atoms with E-state index in [1.165, 1.54) is 11.1 Å². The number of hydrogen-bond donors (Lipinski definition) is 1. The highest BCUT2D eigenvalue weighted by atomic mass is 15.1. The minimum absolute atomic E-state index is 0.493. The molecular formula is C32H29N5. The lowest BCUT2D eigenvalue weighted by Gasteiger charge is -2.31. The van der Waals surface area contributed by atoms with E-state index in [2.05, 4.69) is 81.2 Å². The van der Waals surface area contributed by atoms with Gasteiger partial charge in [0.15, 0.2) is 0 Å². The van der Waals surface area contributed by atoms with E-state index in [0.717, 1.165) is 71.7 Å². The molecule has 1 aliphatic heterocycles. The topological polar surface area (TPSA) is 49.2 Å². The Labute approximate surface area is 217 Å². The highest BCUT2D eigenvalue weighted by Crippen LogP contribution is 2.34. The predicted octanol–water partition coefficient (Wildman–Crippen LogP) is 7.53. The van der Waals surface area contributed by atoms with Gasteiger partial charge in [-0.05, 0) is 73.3 Å². The minimum atomic E-state index is 0.493. The second kappa shape index (κ2) is 10.0. The van der Waals surface area contributed by atoms with Gasteiger partial charge in [-0.3, -0.25) is 9.88 Å². The van der Waals surface area contributed by atoms with Crippen molar-refractivity contribution < 1.29 is 0 Å². The molecule has 0 amide bonds. The number of likely N-dealkylation sites (tertiary alicyclic amines) is 1. The second-order valence-corrected chi connectivity index (χ2v) is 9.96. The first-order valence-electron chi connectivity index (χ1n) is 12.9. The molecular weight excluding hydrogens is 454 g/mol. The molecule has 0 atom stereocenters. The number of hydrogen-bond acceptors (Lipinski definition) is 3. The number of piperidine rings is 1. The molecule has 5 aromatic rings. The molecule has 3 aromatic carbocycles. The number of pyridine rings is 1. The molecule has 1 saturated heterocycles. The van der Waals surface area contributed by atoms with E-state index in [1.807, 2.05) is 24.3 Å². The van der Waals surface area contributed by atoms with Gasteiger partial charge in [0, 0.05) is 24.2 Å². The van der Waals surface area contributed by atoms with Crippen molar-refractivity contribution in [3.8, 4) is 22.4 Å². The van der Waals surface area contributed by atoms with Crippen LogP contribution in [0.3, 0.4) is 0 Å². The summed E-state index contributed by atoms with van der Waals surface area (Å²) in [5.74, 6) is 1.63. The van der Waals surface area contributed by atoms with Gasteiger partial charge in [-0.25, -0.2) is 9.83 Å². The minimum Gasteiger partial charge on any atom is -0.342 e. The molecule has 5 heteroatoms. The molecule has 0 saturated carbocycles. The third-order valence-electron chi connectivity index (χ3n) is 7.35. The summed E-state index contributed by atoms with van der Waals surface area (Å²) in [4.78, 5) is 19.2. The van der Waals surface area contributed by atoms with Crippen molar-refractivity contribution in [1.29, 1.82) is 0 Å². The van der Waals surface area contributed by atoms with E-state index in [4.69, 9.17) is 11.6 Å². The third-order valence-corrected chi connectivity index (χ3v) is 7.35. The number of nitrogens with zero attached hydrogens (tertiary/aromatic N) is 4.